The molecule has 0 radical (unpaired) electrons. The first-order valence-electron chi connectivity index (χ1n) is 7.75. The number of anilines is 1. The summed E-state index contributed by atoms with van der Waals surface area (Å²) in [6, 6.07) is 5.14. The van der Waals surface area contributed by atoms with E-state index in [-0.39, 0.29) is 11.9 Å². The van der Waals surface area contributed by atoms with Crippen LogP contribution in [0.3, 0.4) is 0 Å². The number of nitrogen functional groups attached to an aromatic ring is 1. The minimum Gasteiger partial charge on any atom is -0.496 e. The fourth-order valence-corrected chi connectivity index (χ4v) is 3.56. The lowest BCUT2D eigenvalue weighted by Crippen LogP contribution is -2.21. The summed E-state index contributed by atoms with van der Waals surface area (Å²) in [4.78, 5) is 20.0. The first-order valence-corrected chi connectivity index (χ1v) is 7.75. The predicted molar refractivity (Wildman–Crippen MR) is 90.3 cm³/mol. The normalized spacial score (nSPS) is 19.5. The largest absolute Gasteiger partial charge is 0.496 e. The van der Waals surface area contributed by atoms with Crippen molar-refractivity contribution in [2.24, 2.45) is 5.18 Å². The molecule has 3 rings (SSSR count). The fraction of sp³-hybridized carbons (Fsp3) is 0.412. The zero-order valence-corrected chi connectivity index (χ0v) is 13.9. The van der Waals surface area contributed by atoms with E-state index in [1.165, 1.54) is 0 Å². The van der Waals surface area contributed by atoms with Gasteiger partial charge in [-0.3, -0.25) is 0 Å². The first kappa shape index (κ1) is 16.2. The lowest BCUT2D eigenvalue weighted by molar-refractivity contribution is 0.368. The number of aryl methyl sites for hydroxylation is 1. The van der Waals surface area contributed by atoms with Crippen LogP contribution in [0.5, 0.6) is 11.5 Å². The molecule has 1 aliphatic rings. The Morgan fingerprint density at radius 2 is 1.83 bits per heavy atom. The molecule has 2 N–H and O–H groups in total. The Balaban J connectivity index is 2.11. The van der Waals surface area contributed by atoms with Crippen molar-refractivity contribution in [1.29, 1.82) is 0 Å². The summed E-state index contributed by atoms with van der Waals surface area (Å²) >= 11 is 0. The molecule has 0 aliphatic heterocycles. The van der Waals surface area contributed by atoms with Gasteiger partial charge in [-0.25, -0.2) is 9.97 Å². The quantitative estimate of drug-likeness (QED) is 0.866. The van der Waals surface area contributed by atoms with Gasteiger partial charge < -0.3 is 15.2 Å². The molecule has 1 heterocycles. The van der Waals surface area contributed by atoms with Crippen LogP contribution in [0.2, 0.25) is 0 Å². The zero-order valence-electron chi connectivity index (χ0n) is 13.9. The molecule has 7 nitrogen and oxygen atoms in total. The third-order valence-electron chi connectivity index (χ3n) is 4.51. The number of fused-ring (bicyclic) bond motifs is 1. The Hall–Kier alpha value is -2.70. The van der Waals surface area contributed by atoms with Crippen LogP contribution >= 0.6 is 0 Å². The number of hydrogen-bond donors (Lipinski definition) is 1. The SMILES string of the molecule is COc1cccc(OC)c1C1Cc2nc(N)nc(C)c2C(N=O)C1. The molecule has 24 heavy (non-hydrogen) atoms. The number of nitrogens with two attached hydrogens (primary N) is 1. The molecule has 1 aromatic carbocycles. The molecule has 2 aromatic rings. The summed E-state index contributed by atoms with van der Waals surface area (Å²) in [6.45, 7) is 1.83. The number of aromatic nitrogens is 2. The lowest BCUT2D eigenvalue weighted by Gasteiger charge is -2.30. The van der Waals surface area contributed by atoms with Gasteiger partial charge in [-0.2, -0.15) is 4.91 Å². The van der Waals surface area contributed by atoms with E-state index in [0.717, 1.165) is 28.3 Å². The average Bonchev–Trinajstić information content (AvgIpc) is 2.59. The van der Waals surface area contributed by atoms with Gasteiger partial charge in [0.25, 0.3) is 0 Å². The number of methoxy groups -OCH3 is 2. The van der Waals surface area contributed by atoms with E-state index in [2.05, 4.69) is 15.1 Å². The van der Waals surface area contributed by atoms with Crippen molar-refractivity contribution >= 4 is 5.95 Å². The van der Waals surface area contributed by atoms with Crippen LogP contribution in [0.4, 0.5) is 5.95 Å². The van der Waals surface area contributed by atoms with Crippen LogP contribution in [0, 0.1) is 11.8 Å². The van der Waals surface area contributed by atoms with Gasteiger partial charge in [0.15, 0.2) is 0 Å². The van der Waals surface area contributed by atoms with E-state index in [4.69, 9.17) is 15.2 Å². The molecule has 0 saturated carbocycles. The van der Waals surface area contributed by atoms with Crippen LogP contribution < -0.4 is 15.2 Å². The smallest absolute Gasteiger partial charge is 0.220 e. The van der Waals surface area contributed by atoms with E-state index in [0.29, 0.717) is 18.5 Å². The number of nitroso groups, excluding NO2 is 1. The highest BCUT2D eigenvalue weighted by Crippen LogP contribution is 2.46. The zero-order chi connectivity index (χ0) is 17.3. The van der Waals surface area contributed by atoms with Gasteiger partial charge in [-0.15, -0.1) is 0 Å². The molecule has 2 atom stereocenters. The summed E-state index contributed by atoms with van der Waals surface area (Å²) in [6.07, 6.45) is 1.19. The topological polar surface area (TPSA) is 99.7 Å². The van der Waals surface area contributed by atoms with Crippen molar-refractivity contribution in [2.75, 3.05) is 20.0 Å². The van der Waals surface area contributed by atoms with Crippen LogP contribution in [0.1, 0.15) is 40.9 Å². The molecule has 0 amide bonds. The molecule has 0 saturated heterocycles. The van der Waals surface area contributed by atoms with Crippen molar-refractivity contribution in [3.8, 4) is 11.5 Å². The summed E-state index contributed by atoms with van der Waals surface area (Å²) in [7, 11) is 3.24. The minimum absolute atomic E-state index is 0. The molecule has 7 heteroatoms. The van der Waals surface area contributed by atoms with Gasteiger partial charge in [0.05, 0.1) is 19.9 Å². The minimum atomic E-state index is -0.506. The van der Waals surface area contributed by atoms with Crippen LogP contribution in [0.15, 0.2) is 23.4 Å². The Bertz CT molecular complexity index is 756. The Kier molecular flexibility index (Phi) is 4.33. The van der Waals surface area contributed by atoms with Crippen molar-refractivity contribution < 1.29 is 9.47 Å². The Morgan fingerprint density at radius 3 is 2.42 bits per heavy atom. The highest BCUT2D eigenvalue weighted by molar-refractivity contribution is 5.49. The second kappa shape index (κ2) is 6.43. The van der Waals surface area contributed by atoms with Crippen LogP contribution in [0.25, 0.3) is 0 Å². The molecule has 1 aliphatic carbocycles. The monoisotopic (exact) mass is 328 g/mol. The second-order valence-corrected chi connectivity index (χ2v) is 5.86. The molecular formula is C17H20N4O3. The molecule has 0 fully saturated rings. The number of hydrogen-bond acceptors (Lipinski definition) is 7. The molecule has 0 bridgehead atoms. The Morgan fingerprint density at radius 1 is 1.17 bits per heavy atom. The van der Waals surface area contributed by atoms with E-state index < -0.39 is 6.04 Å². The third-order valence-corrected chi connectivity index (χ3v) is 4.51. The molecule has 2 unspecified atom stereocenters. The summed E-state index contributed by atoms with van der Waals surface area (Å²) in [5.41, 5.74) is 9.00. The first-order chi connectivity index (χ1) is 11.6. The number of nitrogens with zero attached hydrogens (tertiary/aromatic N) is 3. The third kappa shape index (κ3) is 2.66. The lowest BCUT2D eigenvalue weighted by atomic mass is 9.78. The van der Waals surface area contributed by atoms with Crippen molar-refractivity contribution in [1.82, 2.24) is 9.97 Å². The van der Waals surface area contributed by atoms with Gasteiger partial charge in [-0.05, 0) is 37.8 Å². The summed E-state index contributed by atoms with van der Waals surface area (Å²) in [5.74, 6) is 1.67. The summed E-state index contributed by atoms with van der Waals surface area (Å²) < 4.78 is 11.0. The second-order valence-electron chi connectivity index (χ2n) is 5.86. The molecule has 0 spiro atoms. The number of rotatable bonds is 4. The summed E-state index contributed by atoms with van der Waals surface area (Å²) in [5, 5.41) is 3.31. The Labute approximate surface area is 140 Å². The predicted octanol–water partition coefficient (Wildman–Crippen LogP) is 2.92. The van der Waals surface area contributed by atoms with Crippen LogP contribution in [-0.2, 0) is 6.42 Å². The van der Waals surface area contributed by atoms with E-state index >= 15 is 0 Å². The van der Waals surface area contributed by atoms with E-state index in [1.54, 1.807) is 14.2 Å². The fourth-order valence-electron chi connectivity index (χ4n) is 3.56. The highest BCUT2D eigenvalue weighted by atomic mass is 16.5. The molecule has 126 valence electrons. The maximum atomic E-state index is 11.4. The standard InChI is InChI=1S/C17H20N4O3/c1-9-15-11(20-17(18)19-9)7-10(8-12(15)21-22)16-13(23-2)5-4-6-14(16)24-3/h4-6,10,12H,7-8H2,1-3H3,(H2,18,19,20). The van der Waals surface area contributed by atoms with Gasteiger partial charge in [0.2, 0.25) is 5.95 Å². The number of ether oxygens (including phenoxy) is 2. The van der Waals surface area contributed by atoms with Gasteiger partial charge in [0.1, 0.15) is 17.5 Å². The average molecular weight is 328 g/mol. The van der Waals surface area contributed by atoms with Crippen LogP contribution in [-0.4, -0.2) is 24.2 Å². The van der Waals surface area contributed by atoms with E-state index in [9.17, 15) is 4.91 Å². The van der Waals surface area contributed by atoms with Gasteiger partial charge >= 0.3 is 0 Å². The van der Waals surface area contributed by atoms with Crippen molar-refractivity contribution in [3.05, 3.63) is 45.6 Å². The van der Waals surface area contributed by atoms with Crippen molar-refractivity contribution in [3.63, 3.8) is 0 Å². The maximum Gasteiger partial charge on any atom is 0.220 e. The van der Waals surface area contributed by atoms with Crippen molar-refractivity contribution in [2.45, 2.75) is 31.7 Å². The number of benzene rings is 1. The van der Waals surface area contributed by atoms with Gasteiger partial charge in [-0.1, -0.05) is 11.2 Å². The molecular weight excluding hydrogens is 308 g/mol. The highest BCUT2D eigenvalue weighted by Gasteiger charge is 2.34. The molecule has 1 aromatic heterocycles. The maximum absolute atomic E-state index is 11.4. The van der Waals surface area contributed by atoms with Gasteiger partial charge in [0, 0.05) is 16.8 Å². The van der Waals surface area contributed by atoms with E-state index in [1.807, 2.05) is 25.1 Å².